The Morgan fingerprint density at radius 1 is 1.19 bits per heavy atom. The number of carbonyl (C=O) groups excluding carboxylic acids is 3. The Bertz CT molecular complexity index is 921. The number of hydrogen-bond donors (Lipinski definition) is 3. The number of nitrogens with two attached hydrogens (primary N) is 1. The summed E-state index contributed by atoms with van der Waals surface area (Å²) in [5.41, 5.74) is 4.83. The normalized spacial score (nSPS) is 12.2. The Kier molecular flexibility index (Phi) is 6.32. The van der Waals surface area contributed by atoms with Crippen LogP contribution in [0.5, 0.6) is 0 Å². The van der Waals surface area contributed by atoms with Crippen molar-refractivity contribution in [3.8, 4) is 0 Å². The van der Waals surface area contributed by atoms with E-state index in [1.807, 2.05) is 0 Å². The van der Waals surface area contributed by atoms with E-state index < -0.39 is 34.0 Å². The van der Waals surface area contributed by atoms with Gasteiger partial charge in [0, 0.05) is 0 Å². The van der Waals surface area contributed by atoms with Gasteiger partial charge in [-0.15, -0.1) is 0 Å². The molecule has 0 aliphatic rings. The third-order valence-corrected chi connectivity index (χ3v) is 4.73. The number of esters is 1. The van der Waals surface area contributed by atoms with Gasteiger partial charge in [-0.1, -0.05) is 0 Å². The van der Waals surface area contributed by atoms with E-state index >= 15 is 0 Å². The Balaban J connectivity index is 2.00. The lowest BCUT2D eigenvalue weighted by atomic mass is 10.2. The highest BCUT2D eigenvalue weighted by molar-refractivity contribution is 7.89. The number of carbonyl (C=O) groups is 3. The molecule has 2 rings (SSSR count). The maximum absolute atomic E-state index is 12.2. The highest BCUT2D eigenvalue weighted by atomic mass is 32.2. The van der Waals surface area contributed by atoms with Crippen molar-refractivity contribution in [3.05, 3.63) is 54.0 Å². The average Bonchev–Trinajstić information content (AvgIpc) is 3.13. The molecule has 1 aromatic heterocycles. The van der Waals surface area contributed by atoms with Crippen LogP contribution in [-0.2, 0) is 26.1 Å². The molecule has 0 unspecified atom stereocenters. The van der Waals surface area contributed by atoms with Crippen molar-refractivity contribution in [1.29, 1.82) is 0 Å². The van der Waals surface area contributed by atoms with E-state index in [9.17, 15) is 22.8 Å². The molecular weight excluding hydrogens is 378 g/mol. The molecule has 0 fully saturated rings. The van der Waals surface area contributed by atoms with Crippen LogP contribution in [0.1, 0.15) is 23.0 Å². The number of hydrogen-bond acceptors (Lipinski definition) is 7. The van der Waals surface area contributed by atoms with E-state index in [1.165, 1.54) is 37.5 Å². The van der Waals surface area contributed by atoms with Crippen LogP contribution in [0.3, 0.4) is 0 Å². The molecule has 4 N–H and O–H groups in total. The topological polar surface area (TPSA) is 158 Å². The first-order valence-corrected chi connectivity index (χ1v) is 9.11. The van der Waals surface area contributed by atoms with Gasteiger partial charge in [-0.25, -0.2) is 22.7 Å². The van der Waals surface area contributed by atoms with Crippen molar-refractivity contribution in [1.82, 2.24) is 10.0 Å². The third-order valence-electron chi connectivity index (χ3n) is 3.32. The van der Waals surface area contributed by atoms with Crippen LogP contribution in [0.4, 0.5) is 4.79 Å². The predicted octanol–water partition coefficient (Wildman–Crippen LogP) is 0.498. The van der Waals surface area contributed by atoms with Crippen LogP contribution in [-0.4, -0.2) is 32.4 Å². The first kappa shape index (κ1) is 20.1. The number of urea groups is 1. The lowest BCUT2D eigenvalue weighted by molar-refractivity contribution is -0.127. The summed E-state index contributed by atoms with van der Waals surface area (Å²) >= 11 is 0. The highest BCUT2D eigenvalue weighted by Gasteiger charge is 2.21. The summed E-state index contributed by atoms with van der Waals surface area (Å²) in [6.07, 6.45) is 0.165. The standard InChI is InChI=1S/C16H17N3O7S/c1-10(14(20)19-16(17)22)26-15(21)11-4-6-13(7-5-11)27(23,24)18-9-12-3-2-8-25-12/h2-8,10,18H,9H2,1H3,(H3,17,19,20,22)/t10-/m0/s1. The second-order valence-electron chi connectivity index (χ2n) is 5.33. The molecule has 1 atom stereocenters. The molecule has 0 spiro atoms. The summed E-state index contributed by atoms with van der Waals surface area (Å²) < 4.78 is 36.7. The minimum absolute atomic E-state index is 0.0222. The fourth-order valence-electron chi connectivity index (χ4n) is 1.94. The summed E-state index contributed by atoms with van der Waals surface area (Å²) in [6, 6.07) is 7.10. The van der Waals surface area contributed by atoms with Gasteiger partial charge in [0.25, 0.3) is 5.91 Å². The van der Waals surface area contributed by atoms with Gasteiger partial charge in [-0.3, -0.25) is 10.1 Å². The number of amides is 3. The molecule has 1 heterocycles. The maximum atomic E-state index is 12.2. The first-order chi connectivity index (χ1) is 12.7. The lowest BCUT2D eigenvalue weighted by Gasteiger charge is -2.12. The van der Waals surface area contributed by atoms with Crippen molar-refractivity contribution in [2.45, 2.75) is 24.5 Å². The summed E-state index contributed by atoms with van der Waals surface area (Å²) in [4.78, 5) is 34.0. The quantitative estimate of drug-likeness (QED) is 0.576. The van der Waals surface area contributed by atoms with Crippen LogP contribution < -0.4 is 15.8 Å². The molecule has 3 amide bonds. The van der Waals surface area contributed by atoms with E-state index in [2.05, 4.69) is 4.72 Å². The second-order valence-corrected chi connectivity index (χ2v) is 7.10. The van der Waals surface area contributed by atoms with E-state index in [4.69, 9.17) is 14.9 Å². The summed E-state index contributed by atoms with van der Waals surface area (Å²) in [6.45, 7) is 1.24. The number of rotatable bonds is 7. The number of imide groups is 1. The van der Waals surface area contributed by atoms with Crippen molar-refractivity contribution in [2.75, 3.05) is 0 Å². The zero-order chi connectivity index (χ0) is 20.0. The lowest BCUT2D eigenvalue weighted by Crippen LogP contribution is -2.42. The molecule has 0 radical (unpaired) electrons. The molecule has 0 aliphatic heterocycles. The molecule has 0 aliphatic carbocycles. The first-order valence-electron chi connectivity index (χ1n) is 7.62. The number of furan rings is 1. The second kappa shape index (κ2) is 8.47. The highest BCUT2D eigenvalue weighted by Crippen LogP contribution is 2.13. The van der Waals surface area contributed by atoms with Crippen molar-refractivity contribution >= 4 is 27.9 Å². The fraction of sp³-hybridized carbons (Fsp3) is 0.188. The number of nitrogens with one attached hydrogen (secondary N) is 2. The van der Waals surface area contributed by atoms with Crippen molar-refractivity contribution in [2.24, 2.45) is 5.73 Å². The number of benzene rings is 1. The van der Waals surface area contributed by atoms with E-state index in [0.717, 1.165) is 0 Å². The van der Waals surface area contributed by atoms with Gasteiger partial charge in [0.15, 0.2) is 6.10 Å². The van der Waals surface area contributed by atoms with Gasteiger partial charge in [-0.2, -0.15) is 0 Å². The molecule has 0 bridgehead atoms. The van der Waals surface area contributed by atoms with Crippen molar-refractivity contribution < 1.29 is 32.0 Å². The maximum Gasteiger partial charge on any atom is 0.338 e. The van der Waals surface area contributed by atoms with Gasteiger partial charge in [0.05, 0.1) is 23.3 Å². The van der Waals surface area contributed by atoms with Crippen LogP contribution in [0.25, 0.3) is 0 Å². The van der Waals surface area contributed by atoms with Gasteiger partial charge in [0.2, 0.25) is 10.0 Å². The Hall–Kier alpha value is -3.18. The molecule has 1 aromatic carbocycles. The summed E-state index contributed by atoms with van der Waals surface area (Å²) in [7, 11) is -3.81. The van der Waals surface area contributed by atoms with Crippen LogP contribution in [0, 0.1) is 0 Å². The van der Waals surface area contributed by atoms with Crippen molar-refractivity contribution in [3.63, 3.8) is 0 Å². The SMILES string of the molecule is C[C@H](OC(=O)c1ccc(S(=O)(=O)NCc2ccco2)cc1)C(=O)NC(N)=O. The molecule has 2 aromatic rings. The monoisotopic (exact) mass is 395 g/mol. The van der Waals surface area contributed by atoms with E-state index in [1.54, 1.807) is 17.4 Å². The minimum atomic E-state index is -3.81. The number of ether oxygens (including phenoxy) is 1. The smallest absolute Gasteiger partial charge is 0.338 e. The van der Waals surface area contributed by atoms with Gasteiger partial charge in [0.1, 0.15) is 5.76 Å². The van der Waals surface area contributed by atoms with Crippen LogP contribution >= 0.6 is 0 Å². The Morgan fingerprint density at radius 3 is 2.41 bits per heavy atom. The van der Waals surface area contributed by atoms with E-state index in [-0.39, 0.29) is 17.0 Å². The zero-order valence-corrected chi connectivity index (χ0v) is 15.0. The number of sulfonamides is 1. The van der Waals surface area contributed by atoms with Crippen LogP contribution in [0.15, 0.2) is 52.0 Å². The zero-order valence-electron chi connectivity index (χ0n) is 14.2. The Morgan fingerprint density at radius 2 is 1.85 bits per heavy atom. The van der Waals surface area contributed by atoms with Gasteiger partial charge < -0.3 is 14.9 Å². The van der Waals surface area contributed by atoms with Gasteiger partial charge >= 0.3 is 12.0 Å². The minimum Gasteiger partial charge on any atom is -0.468 e. The molecule has 144 valence electrons. The summed E-state index contributed by atoms with van der Waals surface area (Å²) in [5.74, 6) is -1.30. The Labute approximate surface area is 154 Å². The molecular formula is C16H17N3O7S. The van der Waals surface area contributed by atoms with E-state index in [0.29, 0.717) is 5.76 Å². The third kappa shape index (κ3) is 5.66. The number of primary amides is 1. The van der Waals surface area contributed by atoms with Crippen LogP contribution in [0.2, 0.25) is 0 Å². The molecule has 0 saturated carbocycles. The molecule has 0 saturated heterocycles. The van der Waals surface area contributed by atoms with Gasteiger partial charge in [-0.05, 0) is 43.3 Å². The summed E-state index contributed by atoms with van der Waals surface area (Å²) in [5, 5.41) is 1.78. The fourth-order valence-corrected chi connectivity index (χ4v) is 2.93. The molecule has 11 heteroatoms. The molecule has 27 heavy (non-hydrogen) atoms. The molecule has 10 nitrogen and oxygen atoms in total. The average molecular weight is 395 g/mol. The largest absolute Gasteiger partial charge is 0.468 e. The predicted molar refractivity (Wildman–Crippen MR) is 91.8 cm³/mol.